The summed E-state index contributed by atoms with van der Waals surface area (Å²) >= 11 is 0. The number of aromatic nitrogens is 3. The molecule has 0 bridgehead atoms. The van der Waals surface area contributed by atoms with Crippen LogP contribution >= 0.6 is 0 Å². The zero-order valence-corrected chi connectivity index (χ0v) is 18.2. The first kappa shape index (κ1) is 20.9. The summed E-state index contributed by atoms with van der Waals surface area (Å²) in [4.78, 5) is 38.8. The Bertz CT molecular complexity index is 1340. The highest BCUT2D eigenvalue weighted by Gasteiger charge is 2.24. The number of likely N-dealkylation sites (N-methyl/N-ethyl adjacent to an activating group) is 1. The molecule has 164 valence electrons. The maximum absolute atomic E-state index is 12.6. The molecule has 5 rings (SSSR count). The van der Waals surface area contributed by atoms with Crippen LogP contribution in [0, 0.1) is 0 Å². The van der Waals surface area contributed by atoms with Gasteiger partial charge in [-0.05, 0) is 79.0 Å². The molecule has 1 saturated heterocycles. The molecule has 2 aromatic carbocycles. The third kappa shape index (κ3) is 4.36. The number of benzene rings is 2. The SMILES string of the molecule is CN1CCC(c2cc(-c3ccc(C(=O)Nc4cc(C=O)ccn4)cc3)cc3cncnc23)C1. The van der Waals surface area contributed by atoms with E-state index in [4.69, 9.17) is 0 Å². The highest BCUT2D eigenvalue weighted by atomic mass is 16.1. The monoisotopic (exact) mass is 437 g/mol. The largest absolute Gasteiger partial charge is 0.307 e. The summed E-state index contributed by atoms with van der Waals surface area (Å²) in [6.07, 6.45) is 6.79. The molecule has 33 heavy (non-hydrogen) atoms. The summed E-state index contributed by atoms with van der Waals surface area (Å²) in [6.45, 7) is 2.09. The van der Waals surface area contributed by atoms with E-state index >= 15 is 0 Å². The summed E-state index contributed by atoms with van der Waals surface area (Å²) in [5.41, 5.74) is 5.33. The number of pyridine rings is 1. The van der Waals surface area contributed by atoms with Crippen molar-refractivity contribution in [2.24, 2.45) is 0 Å². The molecular formula is C26H23N5O2. The molecule has 0 saturated carbocycles. The Hall–Kier alpha value is -3.97. The summed E-state index contributed by atoms with van der Waals surface area (Å²) in [5.74, 6) is 0.500. The number of hydrogen-bond donors (Lipinski definition) is 1. The van der Waals surface area contributed by atoms with Gasteiger partial charge in [0.25, 0.3) is 5.91 Å². The number of anilines is 1. The normalized spacial score (nSPS) is 16.1. The molecule has 1 fully saturated rings. The van der Waals surface area contributed by atoms with E-state index in [1.807, 2.05) is 18.3 Å². The molecule has 1 aliphatic heterocycles. The lowest BCUT2D eigenvalue weighted by Crippen LogP contribution is -2.13. The fourth-order valence-corrected chi connectivity index (χ4v) is 4.39. The smallest absolute Gasteiger partial charge is 0.256 e. The molecule has 7 nitrogen and oxygen atoms in total. The van der Waals surface area contributed by atoms with Crippen molar-refractivity contribution in [3.63, 3.8) is 0 Å². The standard InChI is InChI=1S/C26H23N5O2/c1-31-9-7-20(14-31)23-12-21(11-22-13-27-16-29-25(22)23)18-2-4-19(5-3-18)26(33)30-24-10-17(15-32)6-8-28-24/h2-6,8,10-13,15-16,20H,7,9,14H2,1H3,(H,28,30,33). The minimum Gasteiger partial charge on any atom is -0.307 e. The zero-order valence-electron chi connectivity index (χ0n) is 18.2. The molecule has 4 aromatic rings. The van der Waals surface area contributed by atoms with E-state index in [-0.39, 0.29) is 5.91 Å². The Kier molecular flexibility index (Phi) is 5.62. The minimum atomic E-state index is -0.279. The number of carbonyl (C=O) groups is 2. The molecular weight excluding hydrogens is 414 g/mol. The first-order chi connectivity index (χ1) is 16.1. The van der Waals surface area contributed by atoms with Gasteiger partial charge in [0.15, 0.2) is 0 Å². The van der Waals surface area contributed by atoms with Crippen LogP contribution < -0.4 is 5.32 Å². The van der Waals surface area contributed by atoms with E-state index in [1.165, 1.54) is 11.8 Å². The van der Waals surface area contributed by atoms with Crippen LogP contribution in [0.25, 0.3) is 22.0 Å². The number of likely N-dealkylation sites (tertiary alicyclic amines) is 1. The number of nitrogens with zero attached hydrogens (tertiary/aromatic N) is 4. The second kappa shape index (κ2) is 8.88. The number of amides is 1. The first-order valence-electron chi connectivity index (χ1n) is 10.9. The average molecular weight is 438 g/mol. The fourth-order valence-electron chi connectivity index (χ4n) is 4.39. The van der Waals surface area contributed by atoms with Crippen molar-refractivity contribution < 1.29 is 9.59 Å². The van der Waals surface area contributed by atoms with Crippen LogP contribution in [0.4, 0.5) is 5.82 Å². The lowest BCUT2D eigenvalue weighted by molar-refractivity contribution is 0.102. The maximum atomic E-state index is 12.6. The van der Waals surface area contributed by atoms with Crippen LogP contribution in [0.2, 0.25) is 0 Å². The van der Waals surface area contributed by atoms with Crippen LogP contribution in [0.15, 0.2) is 67.3 Å². The molecule has 7 heteroatoms. The third-order valence-electron chi connectivity index (χ3n) is 6.11. The topological polar surface area (TPSA) is 88.1 Å². The molecule has 1 unspecified atom stereocenters. The van der Waals surface area contributed by atoms with Gasteiger partial charge >= 0.3 is 0 Å². The quantitative estimate of drug-likeness (QED) is 0.472. The predicted molar refractivity (Wildman–Crippen MR) is 127 cm³/mol. The van der Waals surface area contributed by atoms with Crippen molar-refractivity contribution in [2.75, 3.05) is 25.5 Å². The lowest BCUT2D eigenvalue weighted by Gasteiger charge is -2.15. The van der Waals surface area contributed by atoms with Gasteiger partial charge in [0.2, 0.25) is 0 Å². The van der Waals surface area contributed by atoms with Crippen molar-refractivity contribution >= 4 is 28.9 Å². The van der Waals surface area contributed by atoms with E-state index in [9.17, 15) is 9.59 Å². The molecule has 0 aliphatic carbocycles. The molecule has 3 heterocycles. The highest BCUT2D eigenvalue weighted by molar-refractivity contribution is 6.04. The molecule has 1 aliphatic rings. The summed E-state index contributed by atoms with van der Waals surface area (Å²) < 4.78 is 0. The molecule has 1 amide bonds. The highest BCUT2D eigenvalue weighted by Crippen LogP contribution is 2.34. The number of rotatable bonds is 5. The second-order valence-corrected chi connectivity index (χ2v) is 8.40. The van der Waals surface area contributed by atoms with E-state index in [0.717, 1.165) is 47.8 Å². The Morgan fingerprint density at radius 1 is 1.09 bits per heavy atom. The third-order valence-corrected chi connectivity index (χ3v) is 6.11. The molecule has 1 atom stereocenters. The van der Waals surface area contributed by atoms with Gasteiger partial charge in [0, 0.05) is 35.5 Å². The van der Waals surface area contributed by atoms with Crippen LogP contribution in [-0.2, 0) is 0 Å². The lowest BCUT2D eigenvalue weighted by atomic mass is 9.91. The van der Waals surface area contributed by atoms with E-state index < -0.39 is 0 Å². The molecule has 2 aromatic heterocycles. The zero-order chi connectivity index (χ0) is 22.8. The van der Waals surface area contributed by atoms with Crippen molar-refractivity contribution in [3.05, 3.63) is 83.9 Å². The minimum absolute atomic E-state index is 0.279. The van der Waals surface area contributed by atoms with Crippen molar-refractivity contribution in [3.8, 4) is 11.1 Å². The molecule has 0 radical (unpaired) electrons. The van der Waals surface area contributed by atoms with E-state index in [0.29, 0.717) is 22.9 Å². The number of aldehydes is 1. The van der Waals surface area contributed by atoms with Crippen LogP contribution in [-0.4, -0.2) is 52.2 Å². The molecule has 1 N–H and O–H groups in total. The van der Waals surface area contributed by atoms with Gasteiger partial charge in [-0.25, -0.2) is 15.0 Å². The van der Waals surface area contributed by atoms with Gasteiger partial charge in [-0.1, -0.05) is 12.1 Å². The maximum Gasteiger partial charge on any atom is 0.256 e. The van der Waals surface area contributed by atoms with Crippen LogP contribution in [0.3, 0.4) is 0 Å². The second-order valence-electron chi connectivity index (χ2n) is 8.40. The van der Waals surface area contributed by atoms with Gasteiger partial charge in [-0.2, -0.15) is 0 Å². The molecule has 0 spiro atoms. The van der Waals surface area contributed by atoms with E-state index in [2.05, 4.69) is 44.3 Å². The summed E-state index contributed by atoms with van der Waals surface area (Å²) in [6, 6.07) is 14.9. The fraction of sp³-hybridized carbons (Fsp3) is 0.192. The Balaban J connectivity index is 1.43. The number of nitrogens with one attached hydrogen (secondary N) is 1. The Morgan fingerprint density at radius 2 is 1.94 bits per heavy atom. The van der Waals surface area contributed by atoms with Gasteiger partial charge in [-0.15, -0.1) is 0 Å². The van der Waals surface area contributed by atoms with Crippen LogP contribution in [0.1, 0.15) is 38.6 Å². The average Bonchev–Trinajstić information content (AvgIpc) is 3.29. The summed E-state index contributed by atoms with van der Waals surface area (Å²) in [5, 5.41) is 3.75. The number of carbonyl (C=O) groups excluding carboxylic acids is 2. The number of hydrogen-bond acceptors (Lipinski definition) is 6. The van der Waals surface area contributed by atoms with Crippen molar-refractivity contribution in [1.82, 2.24) is 19.9 Å². The summed E-state index contributed by atoms with van der Waals surface area (Å²) in [7, 11) is 2.15. The van der Waals surface area contributed by atoms with Crippen molar-refractivity contribution in [2.45, 2.75) is 12.3 Å². The van der Waals surface area contributed by atoms with Crippen molar-refractivity contribution in [1.29, 1.82) is 0 Å². The van der Waals surface area contributed by atoms with E-state index in [1.54, 1.807) is 30.6 Å². The predicted octanol–water partition coefficient (Wildman–Crippen LogP) is 4.18. The van der Waals surface area contributed by atoms with Gasteiger partial charge in [0.05, 0.1) is 5.52 Å². The first-order valence-corrected chi connectivity index (χ1v) is 10.9. The van der Waals surface area contributed by atoms with Gasteiger partial charge in [0.1, 0.15) is 18.4 Å². The Labute approximate surface area is 191 Å². The van der Waals surface area contributed by atoms with Crippen LogP contribution in [0.5, 0.6) is 0 Å². The Morgan fingerprint density at radius 3 is 2.70 bits per heavy atom. The van der Waals surface area contributed by atoms with Gasteiger partial charge in [-0.3, -0.25) is 9.59 Å². The van der Waals surface area contributed by atoms with Gasteiger partial charge < -0.3 is 10.2 Å². The number of fused-ring (bicyclic) bond motifs is 1.